The second kappa shape index (κ2) is 21.4. The van der Waals surface area contributed by atoms with E-state index in [1.165, 1.54) is 77.0 Å². The Morgan fingerprint density at radius 1 is 0.783 bits per heavy atom. The molecular formula is C20H39ClN2. The number of unbranched alkanes of at least 4 members (excludes halogenated alkanes) is 11. The van der Waals surface area contributed by atoms with Gasteiger partial charge in [-0.05, 0) is 32.0 Å². The Labute approximate surface area is 151 Å². The van der Waals surface area contributed by atoms with Crippen molar-refractivity contribution in [3.05, 3.63) is 30.1 Å². The van der Waals surface area contributed by atoms with Crippen molar-refractivity contribution in [2.24, 2.45) is 5.73 Å². The van der Waals surface area contributed by atoms with Crippen LogP contribution in [0.25, 0.3) is 0 Å². The maximum Gasteiger partial charge on any atom is 0.0372 e. The van der Waals surface area contributed by atoms with Crippen molar-refractivity contribution in [3.8, 4) is 0 Å². The van der Waals surface area contributed by atoms with Gasteiger partial charge >= 0.3 is 0 Å². The van der Waals surface area contributed by atoms with E-state index < -0.39 is 0 Å². The van der Waals surface area contributed by atoms with Gasteiger partial charge in [-0.15, -0.1) is 12.4 Å². The topological polar surface area (TPSA) is 38.9 Å². The zero-order chi connectivity index (χ0) is 16.3. The van der Waals surface area contributed by atoms with E-state index in [0.717, 1.165) is 12.2 Å². The quantitative estimate of drug-likeness (QED) is 0.443. The van der Waals surface area contributed by atoms with Gasteiger partial charge in [-0.3, -0.25) is 4.98 Å². The van der Waals surface area contributed by atoms with Crippen LogP contribution in [0.2, 0.25) is 0 Å². The minimum absolute atomic E-state index is 0. The standard InChI is InChI=1S/C14H31N.C6H7N.ClH/c1-2-3-4-5-6-7-8-9-10-11-12-13-14-15;1-6-4-2-3-5-7-6;/h2-15H2,1H3;2-5H,1H3;1H. The number of halogens is 1. The summed E-state index contributed by atoms with van der Waals surface area (Å²) in [5.74, 6) is 0. The molecule has 1 heterocycles. The monoisotopic (exact) mass is 342 g/mol. The Balaban J connectivity index is 0. The summed E-state index contributed by atoms with van der Waals surface area (Å²) in [6.45, 7) is 5.12. The van der Waals surface area contributed by atoms with Crippen LogP contribution in [-0.2, 0) is 0 Å². The summed E-state index contributed by atoms with van der Waals surface area (Å²) in [4.78, 5) is 3.98. The van der Waals surface area contributed by atoms with Gasteiger partial charge in [0.2, 0.25) is 0 Å². The third-order valence-electron chi connectivity index (χ3n) is 3.87. The average Bonchev–Trinajstić information content (AvgIpc) is 2.54. The smallest absolute Gasteiger partial charge is 0.0372 e. The van der Waals surface area contributed by atoms with Gasteiger partial charge < -0.3 is 5.73 Å². The molecule has 1 rings (SSSR count). The molecule has 0 spiro atoms. The number of pyridine rings is 1. The van der Waals surface area contributed by atoms with Crippen molar-refractivity contribution in [2.75, 3.05) is 6.54 Å². The molecule has 0 fully saturated rings. The first-order valence-electron chi connectivity index (χ1n) is 9.39. The van der Waals surface area contributed by atoms with Gasteiger partial charge in [-0.25, -0.2) is 0 Å². The molecule has 1 aromatic rings. The predicted octanol–water partition coefficient (Wildman–Crippen LogP) is 6.46. The summed E-state index contributed by atoms with van der Waals surface area (Å²) >= 11 is 0. The third kappa shape index (κ3) is 21.4. The van der Waals surface area contributed by atoms with Crippen molar-refractivity contribution in [1.82, 2.24) is 4.98 Å². The molecule has 1 aromatic heterocycles. The number of rotatable bonds is 12. The lowest BCUT2D eigenvalue weighted by Gasteiger charge is -2.01. The van der Waals surface area contributed by atoms with Crippen molar-refractivity contribution in [3.63, 3.8) is 0 Å². The van der Waals surface area contributed by atoms with Gasteiger partial charge in [0.15, 0.2) is 0 Å². The fraction of sp³-hybridized carbons (Fsp3) is 0.750. The molecule has 0 saturated carbocycles. The van der Waals surface area contributed by atoms with Crippen LogP contribution in [0.3, 0.4) is 0 Å². The molecule has 0 aromatic carbocycles. The molecule has 3 heteroatoms. The van der Waals surface area contributed by atoms with E-state index in [4.69, 9.17) is 5.73 Å². The first-order valence-corrected chi connectivity index (χ1v) is 9.39. The van der Waals surface area contributed by atoms with E-state index in [1.807, 2.05) is 25.1 Å². The highest BCUT2D eigenvalue weighted by Gasteiger charge is 1.92. The highest BCUT2D eigenvalue weighted by atomic mass is 35.5. The molecule has 0 aliphatic heterocycles. The molecule has 136 valence electrons. The van der Waals surface area contributed by atoms with E-state index in [9.17, 15) is 0 Å². The predicted molar refractivity (Wildman–Crippen MR) is 106 cm³/mol. The molecule has 0 radical (unpaired) electrons. The lowest BCUT2D eigenvalue weighted by atomic mass is 10.1. The van der Waals surface area contributed by atoms with Crippen LogP contribution in [0.15, 0.2) is 24.4 Å². The molecule has 0 saturated heterocycles. The summed E-state index contributed by atoms with van der Waals surface area (Å²) < 4.78 is 0. The highest BCUT2D eigenvalue weighted by molar-refractivity contribution is 5.85. The van der Waals surface area contributed by atoms with E-state index in [-0.39, 0.29) is 12.4 Å². The largest absolute Gasteiger partial charge is 0.330 e. The molecule has 0 aliphatic carbocycles. The van der Waals surface area contributed by atoms with Crippen molar-refractivity contribution < 1.29 is 0 Å². The highest BCUT2D eigenvalue weighted by Crippen LogP contribution is 2.11. The Kier molecular flexibility index (Phi) is 22.9. The van der Waals surface area contributed by atoms with E-state index in [2.05, 4.69) is 11.9 Å². The molecule has 0 atom stereocenters. The first-order chi connectivity index (χ1) is 10.8. The fourth-order valence-electron chi connectivity index (χ4n) is 2.43. The number of aryl methyl sites for hydroxylation is 1. The van der Waals surface area contributed by atoms with Crippen LogP contribution < -0.4 is 5.73 Å². The Morgan fingerprint density at radius 2 is 1.26 bits per heavy atom. The van der Waals surface area contributed by atoms with Gasteiger partial charge in [-0.1, -0.05) is 83.6 Å². The lowest BCUT2D eigenvalue weighted by molar-refractivity contribution is 0.545. The van der Waals surface area contributed by atoms with Gasteiger partial charge in [0.1, 0.15) is 0 Å². The number of nitrogens with two attached hydrogens (primary N) is 1. The second-order valence-corrected chi connectivity index (χ2v) is 6.15. The summed E-state index contributed by atoms with van der Waals surface area (Å²) in [7, 11) is 0. The van der Waals surface area contributed by atoms with Gasteiger partial charge in [0, 0.05) is 11.9 Å². The molecule has 23 heavy (non-hydrogen) atoms. The number of nitrogens with zero attached hydrogens (tertiary/aromatic N) is 1. The van der Waals surface area contributed by atoms with Crippen LogP contribution in [0, 0.1) is 6.92 Å². The molecular weight excluding hydrogens is 304 g/mol. The molecule has 2 nitrogen and oxygen atoms in total. The van der Waals surface area contributed by atoms with Crippen molar-refractivity contribution in [2.45, 2.75) is 90.9 Å². The zero-order valence-corrected chi connectivity index (χ0v) is 16.3. The van der Waals surface area contributed by atoms with Crippen LogP contribution in [0.4, 0.5) is 0 Å². The zero-order valence-electron chi connectivity index (χ0n) is 15.4. The summed E-state index contributed by atoms with van der Waals surface area (Å²) in [5.41, 5.74) is 6.52. The Morgan fingerprint density at radius 3 is 1.57 bits per heavy atom. The van der Waals surface area contributed by atoms with Crippen LogP contribution >= 0.6 is 12.4 Å². The van der Waals surface area contributed by atoms with Gasteiger partial charge in [0.25, 0.3) is 0 Å². The lowest BCUT2D eigenvalue weighted by Crippen LogP contribution is -1.97. The molecule has 2 N–H and O–H groups in total. The van der Waals surface area contributed by atoms with Crippen LogP contribution in [0.5, 0.6) is 0 Å². The molecule has 0 aliphatic rings. The van der Waals surface area contributed by atoms with Crippen molar-refractivity contribution in [1.29, 1.82) is 0 Å². The number of hydrogen-bond donors (Lipinski definition) is 1. The summed E-state index contributed by atoms with van der Waals surface area (Å²) in [5, 5.41) is 0. The fourth-order valence-corrected chi connectivity index (χ4v) is 2.43. The Bertz CT molecular complexity index is 292. The van der Waals surface area contributed by atoms with Gasteiger partial charge in [-0.2, -0.15) is 0 Å². The minimum Gasteiger partial charge on any atom is -0.330 e. The van der Waals surface area contributed by atoms with E-state index >= 15 is 0 Å². The summed E-state index contributed by atoms with van der Waals surface area (Å²) in [6.07, 6.45) is 18.7. The Hall–Kier alpha value is -0.600. The van der Waals surface area contributed by atoms with E-state index in [1.54, 1.807) is 6.20 Å². The number of hydrogen-bond acceptors (Lipinski definition) is 2. The molecule has 0 amide bonds. The normalized spacial score (nSPS) is 9.70. The van der Waals surface area contributed by atoms with Crippen LogP contribution in [-0.4, -0.2) is 11.5 Å². The maximum absolute atomic E-state index is 5.45. The summed E-state index contributed by atoms with van der Waals surface area (Å²) in [6, 6.07) is 5.86. The molecule has 0 unspecified atom stereocenters. The first kappa shape index (κ1) is 24.6. The molecule has 0 bridgehead atoms. The maximum atomic E-state index is 5.45. The average molecular weight is 343 g/mol. The van der Waals surface area contributed by atoms with Gasteiger partial charge in [0.05, 0.1) is 0 Å². The van der Waals surface area contributed by atoms with Crippen molar-refractivity contribution >= 4 is 12.4 Å². The number of aromatic nitrogens is 1. The van der Waals surface area contributed by atoms with Crippen LogP contribution in [0.1, 0.15) is 89.7 Å². The van der Waals surface area contributed by atoms with E-state index in [0.29, 0.717) is 0 Å². The SMILES string of the molecule is CCCCCCCCCCCCCCN.Cc1ccccn1.Cl. The minimum atomic E-state index is 0. The second-order valence-electron chi connectivity index (χ2n) is 6.15. The third-order valence-corrected chi connectivity index (χ3v) is 3.87.